The molecule has 19 heavy (non-hydrogen) atoms. The molecule has 2 nitrogen and oxygen atoms in total. The van der Waals surface area contributed by atoms with Crippen molar-refractivity contribution >= 4 is 11.6 Å². The first-order chi connectivity index (χ1) is 9.20. The van der Waals surface area contributed by atoms with Gasteiger partial charge in [-0.05, 0) is 42.3 Å². The first-order valence-corrected chi connectivity index (χ1v) is 6.82. The van der Waals surface area contributed by atoms with Crippen molar-refractivity contribution in [2.45, 2.75) is 18.4 Å². The number of nitrogens with one attached hydrogen (secondary N) is 1. The molecule has 0 unspecified atom stereocenters. The van der Waals surface area contributed by atoms with Gasteiger partial charge < -0.3 is 10.4 Å². The zero-order chi connectivity index (χ0) is 13.4. The molecule has 0 amide bonds. The van der Waals surface area contributed by atoms with Gasteiger partial charge in [0.2, 0.25) is 0 Å². The maximum atomic E-state index is 9.85. The smallest absolute Gasteiger partial charge is 0.134 e. The van der Waals surface area contributed by atoms with Gasteiger partial charge in [-0.25, -0.2) is 0 Å². The van der Waals surface area contributed by atoms with E-state index in [1.807, 2.05) is 25.2 Å². The number of rotatable bonds is 2. The van der Waals surface area contributed by atoms with Gasteiger partial charge in [0, 0.05) is 12.0 Å². The molecule has 1 aliphatic carbocycles. The Balaban J connectivity index is 2.12. The average Bonchev–Trinajstić information content (AvgIpc) is 2.78. The molecule has 0 aromatic heterocycles. The summed E-state index contributed by atoms with van der Waals surface area (Å²) in [6.07, 6.45) is 0.936. The monoisotopic (exact) mass is 273 g/mol. The molecule has 2 atom stereocenters. The van der Waals surface area contributed by atoms with E-state index < -0.39 is 0 Å². The fourth-order valence-electron chi connectivity index (χ4n) is 3.00. The number of hydrogen-bond acceptors (Lipinski definition) is 2. The van der Waals surface area contributed by atoms with Crippen LogP contribution in [0.5, 0.6) is 5.75 Å². The van der Waals surface area contributed by atoms with Gasteiger partial charge in [0.05, 0.1) is 5.02 Å². The van der Waals surface area contributed by atoms with E-state index in [0.717, 1.165) is 6.42 Å². The second-order valence-electron chi connectivity index (χ2n) is 4.99. The topological polar surface area (TPSA) is 32.3 Å². The standard InChI is InChI=1S/C16H16ClNO/c1-18-14-8-11-7-13(17)15(19)9-12(11)16(14)10-5-3-2-4-6-10/h2-7,9,14,16,18-19H,8H2,1H3/t14-,16-/m1/s1. The maximum Gasteiger partial charge on any atom is 0.134 e. The summed E-state index contributed by atoms with van der Waals surface area (Å²) >= 11 is 6.01. The molecule has 2 N–H and O–H groups in total. The van der Waals surface area contributed by atoms with Crippen LogP contribution >= 0.6 is 11.6 Å². The van der Waals surface area contributed by atoms with Crippen molar-refractivity contribution in [3.63, 3.8) is 0 Å². The van der Waals surface area contributed by atoms with Crippen LogP contribution in [0.3, 0.4) is 0 Å². The Morgan fingerprint density at radius 1 is 1.21 bits per heavy atom. The Bertz CT molecular complexity index is 597. The predicted octanol–water partition coefficient (Wildman–Crippen LogP) is 3.32. The van der Waals surface area contributed by atoms with Crippen LogP contribution in [0.15, 0.2) is 42.5 Å². The number of hydrogen-bond donors (Lipinski definition) is 2. The van der Waals surface area contributed by atoms with E-state index in [1.54, 1.807) is 0 Å². The van der Waals surface area contributed by atoms with Crippen LogP contribution in [0.25, 0.3) is 0 Å². The summed E-state index contributed by atoms with van der Waals surface area (Å²) < 4.78 is 0. The molecule has 0 aliphatic heterocycles. The van der Waals surface area contributed by atoms with Crippen molar-refractivity contribution in [3.05, 3.63) is 64.2 Å². The van der Waals surface area contributed by atoms with Crippen LogP contribution in [0, 0.1) is 0 Å². The molecular weight excluding hydrogens is 258 g/mol. The molecule has 0 bridgehead atoms. The second kappa shape index (κ2) is 4.87. The van der Waals surface area contributed by atoms with Crippen molar-refractivity contribution in [2.24, 2.45) is 0 Å². The van der Waals surface area contributed by atoms with Gasteiger partial charge in [-0.15, -0.1) is 0 Å². The summed E-state index contributed by atoms with van der Waals surface area (Å²) in [5.74, 6) is 0.433. The van der Waals surface area contributed by atoms with Crippen LogP contribution in [0.2, 0.25) is 5.02 Å². The number of halogens is 1. The number of benzene rings is 2. The van der Waals surface area contributed by atoms with E-state index in [0.29, 0.717) is 11.1 Å². The number of aromatic hydroxyl groups is 1. The van der Waals surface area contributed by atoms with Crippen molar-refractivity contribution in [1.29, 1.82) is 0 Å². The third kappa shape index (κ3) is 2.11. The Morgan fingerprint density at radius 3 is 2.63 bits per heavy atom. The van der Waals surface area contributed by atoms with E-state index in [2.05, 4.69) is 29.6 Å². The van der Waals surface area contributed by atoms with Crippen LogP contribution in [0.4, 0.5) is 0 Å². The Hall–Kier alpha value is -1.51. The Morgan fingerprint density at radius 2 is 1.95 bits per heavy atom. The highest BCUT2D eigenvalue weighted by Crippen LogP contribution is 2.42. The van der Waals surface area contributed by atoms with Gasteiger partial charge in [0.1, 0.15) is 5.75 Å². The highest BCUT2D eigenvalue weighted by Gasteiger charge is 2.33. The third-order valence-electron chi connectivity index (χ3n) is 3.92. The summed E-state index contributed by atoms with van der Waals surface area (Å²) in [6, 6.07) is 14.4. The molecule has 0 heterocycles. The summed E-state index contributed by atoms with van der Waals surface area (Å²) in [5, 5.41) is 13.7. The molecule has 1 aliphatic rings. The van der Waals surface area contributed by atoms with Crippen LogP contribution in [0.1, 0.15) is 22.6 Å². The van der Waals surface area contributed by atoms with Gasteiger partial charge in [-0.1, -0.05) is 41.9 Å². The zero-order valence-electron chi connectivity index (χ0n) is 10.7. The quantitative estimate of drug-likeness (QED) is 0.880. The first-order valence-electron chi connectivity index (χ1n) is 6.44. The van der Waals surface area contributed by atoms with Crippen molar-refractivity contribution < 1.29 is 5.11 Å². The number of phenolic OH excluding ortho intramolecular Hbond substituents is 1. The predicted molar refractivity (Wildman–Crippen MR) is 78.0 cm³/mol. The number of phenols is 1. The van der Waals surface area contributed by atoms with E-state index in [4.69, 9.17) is 11.6 Å². The zero-order valence-corrected chi connectivity index (χ0v) is 11.5. The molecule has 2 aromatic rings. The first kappa shape index (κ1) is 12.5. The minimum Gasteiger partial charge on any atom is -0.506 e. The van der Waals surface area contributed by atoms with Gasteiger partial charge in [-0.3, -0.25) is 0 Å². The second-order valence-corrected chi connectivity index (χ2v) is 5.40. The molecule has 3 rings (SSSR count). The summed E-state index contributed by atoms with van der Waals surface area (Å²) in [7, 11) is 1.98. The summed E-state index contributed by atoms with van der Waals surface area (Å²) in [4.78, 5) is 0. The van der Waals surface area contributed by atoms with Gasteiger partial charge in [0.25, 0.3) is 0 Å². The molecule has 98 valence electrons. The van der Waals surface area contributed by atoms with E-state index in [1.165, 1.54) is 16.7 Å². The lowest BCUT2D eigenvalue weighted by Gasteiger charge is -2.20. The van der Waals surface area contributed by atoms with E-state index in [-0.39, 0.29) is 11.7 Å². The minimum absolute atomic E-state index is 0.165. The third-order valence-corrected chi connectivity index (χ3v) is 4.22. The SMILES string of the molecule is CN[C@@H]1Cc2cc(Cl)c(O)cc2[C@H]1c1ccccc1. The van der Waals surface area contributed by atoms with E-state index in [9.17, 15) is 5.11 Å². The average molecular weight is 274 g/mol. The Labute approximate surface area is 118 Å². The maximum absolute atomic E-state index is 9.85. The minimum atomic E-state index is 0.165. The van der Waals surface area contributed by atoms with Gasteiger partial charge in [-0.2, -0.15) is 0 Å². The molecule has 0 radical (unpaired) electrons. The summed E-state index contributed by atoms with van der Waals surface area (Å²) in [5.41, 5.74) is 3.66. The number of fused-ring (bicyclic) bond motifs is 1. The largest absolute Gasteiger partial charge is 0.506 e. The number of likely N-dealkylation sites (N-methyl/N-ethyl adjacent to an activating group) is 1. The van der Waals surface area contributed by atoms with E-state index >= 15 is 0 Å². The Kier molecular flexibility index (Phi) is 3.21. The fourth-order valence-corrected chi connectivity index (χ4v) is 3.18. The molecule has 0 spiro atoms. The fraction of sp³-hybridized carbons (Fsp3) is 0.250. The van der Waals surface area contributed by atoms with Crippen LogP contribution in [-0.2, 0) is 6.42 Å². The molecule has 0 saturated carbocycles. The highest BCUT2D eigenvalue weighted by molar-refractivity contribution is 6.32. The lowest BCUT2D eigenvalue weighted by Crippen LogP contribution is -2.29. The molecule has 3 heteroatoms. The summed E-state index contributed by atoms with van der Waals surface area (Å²) in [6.45, 7) is 0. The normalized spacial score (nSPS) is 21.4. The van der Waals surface area contributed by atoms with Crippen LogP contribution < -0.4 is 5.32 Å². The van der Waals surface area contributed by atoms with Crippen molar-refractivity contribution in [3.8, 4) is 5.75 Å². The van der Waals surface area contributed by atoms with Crippen molar-refractivity contribution in [1.82, 2.24) is 5.32 Å². The van der Waals surface area contributed by atoms with Crippen LogP contribution in [-0.4, -0.2) is 18.2 Å². The molecule has 2 aromatic carbocycles. The van der Waals surface area contributed by atoms with Gasteiger partial charge >= 0.3 is 0 Å². The molecule has 0 fully saturated rings. The molecule has 0 saturated heterocycles. The lowest BCUT2D eigenvalue weighted by atomic mass is 9.90. The molecular formula is C16H16ClNO. The lowest BCUT2D eigenvalue weighted by molar-refractivity contribution is 0.474. The van der Waals surface area contributed by atoms with Crippen molar-refractivity contribution in [2.75, 3.05) is 7.05 Å². The van der Waals surface area contributed by atoms with Gasteiger partial charge in [0.15, 0.2) is 0 Å². The highest BCUT2D eigenvalue weighted by atomic mass is 35.5.